The fourth-order valence-electron chi connectivity index (χ4n) is 2.98. The lowest BCUT2D eigenvalue weighted by Crippen LogP contribution is -2.42. The zero-order chi connectivity index (χ0) is 20.7. The number of thioether (sulfide) groups is 1. The summed E-state index contributed by atoms with van der Waals surface area (Å²) >= 11 is 20.1. The Morgan fingerprint density at radius 3 is 2.59 bits per heavy atom. The maximum absolute atomic E-state index is 13.7. The fourth-order valence-corrected chi connectivity index (χ4v) is 4.73. The molecule has 0 atom stereocenters. The van der Waals surface area contributed by atoms with Gasteiger partial charge in [-0.05, 0) is 48.9 Å². The first-order valence-electron chi connectivity index (χ1n) is 8.49. The van der Waals surface area contributed by atoms with Crippen molar-refractivity contribution in [3.8, 4) is 0 Å². The summed E-state index contributed by atoms with van der Waals surface area (Å²) in [5.41, 5.74) is 1.90. The minimum absolute atomic E-state index is 0.199. The van der Waals surface area contributed by atoms with Crippen LogP contribution in [0.1, 0.15) is 11.1 Å². The molecule has 29 heavy (non-hydrogen) atoms. The maximum atomic E-state index is 13.7. The first-order chi connectivity index (χ1) is 13.8. The van der Waals surface area contributed by atoms with Gasteiger partial charge in [-0.1, -0.05) is 52.6 Å². The molecule has 4 nitrogen and oxygen atoms in total. The molecule has 0 unspecified atom stereocenters. The highest BCUT2D eigenvalue weighted by Crippen LogP contribution is 2.38. The van der Waals surface area contributed by atoms with Crippen molar-refractivity contribution >= 4 is 63.1 Å². The Bertz CT molecular complexity index is 1110. The Morgan fingerprint density at radius 1 is 1.14 bits per heavy atom. The highest BCUT2D eigenvalue weighted by Gasteiger charge is 2.30. The van der Waals surface area contributed by atoms with E-state index in [1.165, 1.54) is 17.8 Å². The number of nitrogens with one attached hydrogen (secondary N) is 1. The molecule has 9 heteroatoms. The molecular formula is C20H13Cl3FN3OS. The topological polar surface area (TPSA) is 44.7 Å². The Balaban J connectivity index is 1.72. The summed E-state index contributed by atoms with van der Waals surface area (Å²) in [4.78, 5) is 13.3. The number of hydrazone groups is 1. The van der Waals surface area contributed by atoms with Gasteiger partial charge in [0, 0.05) is 10.5 Å². The van der Waals surface area contributed by atoms with Gasteiger partial charge in [-0.2, -0.15) is 5.10 Å². The molecule has 0 saturated carbocycles. The van der Waals surface area contributed by atoms with E-state index in [1.807, 2.05) is 0 Å². The van der Waals surface area contributed by atoms with E-state index in [9.17, 15) is 9.18 Å². The van der Waals surface area contributed by atoms with Crippen LogP contribution in [-0.2, 0) is 4.79 Å². The van der Waals surface area contributed by atoms with Crippen LogP contribution in [0.15, 0.2) is 58.2 Å². The highest BCUT2D eigenvalue weighted by atomic mass is 35.5. The van der Waals surface area contributed by atoms with Gasteiger partial charge in [0.05, 0.1) is 26.3 Å². The molecule has 0 fully saturated rings. The zero-order valence-corrected chi connectivity index (χ0v) is 18.1. The molecule has 2 aliphatic rings. The quantitative estimate of drug-likeness (QED) is 0.599. The second-order valence-corrected chi connectivity index (χ2v) is 8.61. The van der Waals surface area contributed by atoms with E-state index in [-0.39, 0.29) is 18.4 Å². The molecule has 0 aromatic heterocycles. The van der Waals surface area contributed by atoms with Crippen LogP contribution in [-0.4, -0.2) is 22.6 Å². The first-order valence-corrected chi connectivity index (χ1v) is 10.4. The van der Waals surface area contributed by atoms with Crippen molar-refractivity contribution in [2.45, 2.75) is 11.8 Å². The van der Waals surface area contributed by atoms with Crippen LogP contribution in [0.5, 0.6) is 0 Å². The van der Waals surface area contributed by atoms with E-state index in [0.717, 1.165) is 0 Å². The van der Waals surface area contributed by atoms with E-state index >= 15 is 0 Å². The van der Waals surface area contributed by atoms with Gasteiger partial charge in [-0.15, -0.1) is 0 Å². The van der Waals surface area contributed by atoms with Crippen molar-refractivity contribution < 1.29 is 9.18 Å². The molecule has 0 saturated heterocycles. The summed E-state index contributed by atoms with van der Waals surface area (Å²) in [5.74, 6) is -0.634. The number of hydrogen-bond donors (Lipinski definition) is 1. The Hall–Kier alpha value is -1.99. The lowest BCUT2D eigenvalue weighted by molar-refractivity contribution is -0.116. The monoisotopic (exact) mass is 467 g/mol. The summed E-state index contributed by atoms with van der Waals surface area (Å²) < 4.78 is 13.7. The molecule has 0 aliphatic carbocycles. The molecule has 4 rings (SSSR count). The van der Waals surface area contributed by atoms with Crippen molar-refractivity contribution in [2.24, 2.45) is 5.10 Å². The maximum Gasteiger partial charge on any atom is 0.255 e. The average molecular weight is 469 g/mol. The zero-order valence-electron chi connectivity index (χ0n) is 15.0. The number of amides is 1. The molecule has 2 aromatic rings. The lowest BCUT2D eigenvalue weighted by atomic mass is 10.0. The number of carbonyl (C=O) groups excluding carboxylic acids is 1. The summed E-state index contributed by atoms with van der Waals surface area (Å²) in [6.07, 6.45) is 3.56. The van der Waals surface area contributed by atoms with Crippen molar-refractivity contribution in [3.63, 3.8) is 0 Å². The molecule has 0 spiro atoms. The van der Waals surface area contributed by atoms with Crippen LogP contribution in [0.25, 0.3) is 5.57 Å². The fraction of sp³-hybridized carbons (Fsp3) is 0.100. The molecule has 0 bridgehead atoms. The van der Waals surface area contributed by atoms with Crippen LogP contribution in [0.3, 0.4) is 0 Å². The highest BCUT2D eigenvalue weighted by molar-refractivity contribution is 8.14. The van der Waals surface area contributed by atoms with E-state index in [4.69, 9.17) is 34.8 Å². The number of rotatable bonds is 2. The molecule has 2 heterocycles. The minimum Gasteiger partial charge on any atom is -0.333 e. The Morgan fingerprint density at radius 2 is 1.86 bits per heavy atom. The summed E-state index contributed by atoms with van der Waals surface area (Å²) in [5, 5.41) is 10.7. The van der Waals surface area contributed by atoms with Gasteiger partial charge in [0.1, 0.15) is 17.5 Å². The third-order valence-electron chi connectivity index (χ3n) is 4.39. The molecule has 0 radical (unpaired) electrons. The van der Waals surface area contributed by atoms with Crippen molar-refractivity contribution in [1.82, 2.24) is 10.3 Å². The van der Waals surface area contributed by atoms with Crippen LogP contribution in [0, 0.1) is 12.7 Å². The molecule has 2 aliphatic heterocycles. The number of carbonyl (C=O) groups is 1. The van der Waals surface area contributed by atoms with Gasteiger partial charge in [-0.25, -0.2) is 9.40 Å². The summed E-state index contributed by atoms with van der Waals surface area (Å²) in [6.45, 7) is 1.87. The molecule has 1 amide bonds. The standard InChI is InChI=1S/C20H13Cl3FN3OS/c1-10-7-16(13(23)8-14(10)24)29-17-6-5-15-19(20(28)25-9-27(15)26-17)18-11(21)3-2-4-12(18)22/h2-8H,9H2,1H3,(H,25,28). The third-order valence-corrected chi connectivity index (χ3v) is 6.43. The third kappa shape index (κ3) is 3.90. The smallest absolute Gasteiger partial charge is 0.255 e. The van der Waals surface area contributed by atoms with Gasteiger partial charge in [0.15, 0.2) is 0 Å². The predicted molar refractivity (Wildman–Crippen MR) is 117 cm³/mol. The van der Waals surface area contributed by atoms with Crippen molar-refractivity contribution in [2.75, 3.05) is 6.67 Å². The van der Waals surface area contributed by atoms with Gasteiger partial charge >= 0.3 is 0 Å². The number of aryl methyl sites for hydroxylation is 1. The van der Waals surface area contributed by atoms with E-state index < -0.39 is 0 Å². The van der Waals surface area contributed by atoms with Gasteiger partial charge in [0.2, 0.25) is 0 Å². The number of allylic oxidation sites excluding steroid dienone is 1. The SMILES string of the molecule is Cc1cc(SC2=NN3CNC(=O)C(c4c(Cl)cccc4Cl)=C3C=C2)c(Cl)cc1F. The largest absolute Gasteiger partial charge is 0.333 e. The number of halogens is 4. The van der Waals surface area contributed by atoms with Gasteiger partial charge < -0.3 is 5.32 Å². The van der Waals surface area contributed by atoms with Crippen LogP contribution >= 0.6 is 46.6 Å². The number of hydrogen-bond acceptors (Lipinski definition) is 4. The van der Waals surface area contributed by atoms with Crippen molar-refractivity contribution in [1.29, 1.82) is 0 Å². The van der Waals surface area contributed by atoms with Gasteiger partial charge in [-0.3, -0.25) is 4.79 Å². The summed E-state index contributed by atoms with van der Waals surface area (Å²) in [6, 6.07) is 8.04. The number of fused-ring (bicyclic) bond motifs is 1. The predicted octanol–water partition coefficient (Wildman–Crippen LogP) is 5.87. The normalized spacial score (nSPS) is 16.0. The molecular weight excluding hydrogens is 456 g/mol. The van der Waals surface area contributed by atoms with Crippen LogP contribution in [0.2, 0.25) is 15.1 Å². The lowest BCUT2D eigenvalue weighted by Gasteiger charge is -2.31. The number of benzene rings is 2. The van der Waals surface area contributed by atoms with Crippen LogP contribution < -0.4 is 5.32 Å². The molecule has 1 N–H and O–H groups in total. The van der Waals surface area contributed by atoms with E-state index in [1.54, 1.807) is 48.4 Å². The van der Waals surface area contributed by atoms with E-state index in [2.05, 4.69) is 10.4 Å². The van der Waals surface area contributed by atoms with Crippen molar-refractivity contribution in [3.05, 3.63) is 80.2 Å². The Labute approximate surface area is 186 Å². The first kappa shape index (κ1) is 20.3. The Kier molecular flexibility index (Phi) is 5.62. The minimum atomic E-state index is -0.356. The molecule has 148 valence electrons. The van der Waals surface area contributed by atoms with Crippen LogP contribution in [0.4, 0.5) is 4.39 Å². The second-order valence-electron chi connectivity index (χ2n) is 6.33. The molecule has 2 aromatic carbocycles. The number of nitrogens with zero attached hydrogens (tertiary/aromatic N) is 2. The van der Waals surface area contributed by atoms with Gasteiger partial charge in [0.25, 0.3) is 5.91 Å². The second kappa shape index (κ2) is 8.03. The summed E-state index contributed by atoms with van der Waals surface area (Å²) in [7, 11) is 0. The average Bonchev–Trinajstić information content (AvgIpc) is 2.67. The van der Waals surface area contributed by atoms with E-state index in [0.29, 0.717) is 47.4 Å².